The third-order valence-electron chi connectivity index (χ3n) is 4.68. The number of rotatable bonds is 8. The summed E-state index contributed by atoms with van der Waals surface area (Å²) in [4.78, 5) is 24.3. The summed E-state index contributed by atoms with van der Waals surface area (Å²) in [5, 5.41) is 0.906. The highest BCUT2D eigenvalue weighted by molar-refractivity contribution is 5.73. The number of aldehydes is 1. The molecule has 0 fully saturated rings. The zero-order valence-corrected chi connectivity index (χ0v) is 16.2. The van der Waals surface area contributed by atoms with Gasteiger partial charge in [0, 0.05) is 11.1 Å². The lowest BCUT2D eigenvalue weighted by Gasteiger charge is -2.36. The first-order chi connectivity index (χ1) is 12.9. The number of carbonyl (C=O) groups excluding carboxylic acids is 2. The van der Waals surface area contributed by atoms with Crippen molar-refractivity contribution in [2.24, 2.45) is 11.8 Å². The number of ether oxygens (including phenoxy) is 1. The van der Waals surface area contributed by atoms with Gasteiger partial charge in [-0.25, -0.2) is 15.6 Å². The van der Waals surface area contributed by atoms with Crippen LogP contribution < -0.4 is 5.84 Å². The molecule has 0 saturated heterocycles. The van der Waals surface area contributed by atoms with E-state index in [-0.39, 0.29) is 5.92 Å². The Kier molecular flexibility index (Phi) is 7.13. The largest absolute Gasteiger partial charge is 0.432 e. The zero-order valence-electron chi connectivity index (χ0n) is 16.2. The lowest BCUT2D eigenvalue weighted by Crippen LogP contribution is -2.50. The highest BCUT2D eigenvalue weighted by atomic mass is 16.6. The standard InChI is InChI=1S/C22H28N2O3/c1-4-22(18-11-7-5-8-12-18,19-13-9-6-10-14-19)27-21(26)24(23)20(16-25)15-17(2)3/h5-14,16-17,20H,4,15,23H2,1-3H3. The molecular formula is C22H28N2O3. The number of hydrogen-bond donors (Lipinski definition) is 1. The third kappa shape index (κ3) is 4.74. The van der Waals surface area contributed by atoms with Gasteiger partial charge in [0.1, 0.15) is 12.3 Å². The molecule has 1 atom stereocenters. The van der Waals surface area contributed by atoms with Gasteiger partial charge in [-0.3, -0.25) is 0 Å². The predicted octanol–water partition coefficient (Wildman–Crippen LogP) is 4.27. The highest BCUT2D eigenvalue weighted by Crippen LogP contribution is 2.37. The molecule has 5 nitrogen and oxygen atoms in total. The molecule has 0 aliphatic heterocycles. The molecule has 5 heteroatoms. The molecule has 1 unspecified atom stereocenters. The summed E-state index contributed by atoms with van der Waals surface area (Å²) in [7, 11) is 0. The Morgan fingerprint density at radius 1 is 1.07 bits per heavy atom. The Balaban J connectivity index is 2.40. The lowest BCUT2D eigenvalue weighted by atomic mass is 9.84. The van der Waals surface area contributed by atoms with E-state index in [1.54, 1.807) is 0 Å². The first-order valence-electron chi connectivity index (χ1n) is 9.27. The SMILES string of the molecule is CCC(OC(=O)N(N)C(C=O)CC(C)C)(c1ccccc1)c1ccccc1. The summed E-state index contributed by atoms with van der Waals surface area (Å²) in [5.41, 5.74) is 0.724. The van der Waals surface area contributed by atoms with E-state index in [0.717, 1.165) is 16.1 Å². The van der Waals surface area contributed by atoms with E-state index in [2.05, 4.69) is 0 Å². The van der Waals surface area contributed by atoms with Crippen LogP contribution in [0.3, 0.4) is 0 Å². The van der Waals surface area contributed by atoms with Crippen LogP contribution in [0, 0.1) is 5.92 Å². The van der Waals surface area contributed by atoms with Crippen molar-refractivity contribution < 1.29 is 14.3 Å². The smallest absolute Gasteiger partial charge is 0.425 e. The molecule has 2 N–H and O–H groups in total. The van der Waals surface area contributed by atoms with E-state index >= 15 is 0 Å². The van der Waals surface area contributed by atoms with Gasteiger partial charge < -0.3 is 9.53 Å². The molecule has 0 saturated carbocycles. The Morgan fingerprint density at radius 3 is 1.93 bits per heavy atom. The van der Waals surface area contributed by atoms with Crippen LogP contribution in [-0.4, -0.2) is 23.4 Å². The lowest BCUT2D eigenvalue weighted by molar-refractivity contribution is -0.113. The molecule has 0 aromatic heterocycles. The summed E-state index contributed by atoms with van der Waals surface area (Å²) < 4.78 is 5.99. The number of nitrogens with two attached hydrogens (primary N) is 1. The second-order valence-electron chi connectivity index (χ2n) is 7.02. The maximum atomic E-state index is 12.9. The molecule has 2 aromatic rings. The van der Waals surface area contributed by atoms with Crippen LogP contribution >= 0.6 is 0 Å². The maximum absolute atomic E-state index is 12.9. The minimum atomic E-state index is -0.984. The normalized spacial score (nSPS) is 12.5. The average molecular weight is 368 g/mol. The van der Waals surface area contributed by atoms with Crippen LogP contribution in [0.2, 0.25) is 0 Å². The number of nitrogens with zero attached hydrogens (tertiary/aromatic N) is 1. The molecule has 0 aliphatic rings. The molecule has 2 aromatic carbocycles. The molecule has 27 heavy (non-hydrogen) atoms. The Labute approximate surface area is 161 Å². The van der Waals surface area contributed by atoms with Crippen molar-refractivity contribution in [1.29, 1.82) is 0 Å². The van der Waals surface area contributed by atoms with E-state index in [1.807, 2.05) is 81.4 Å². The fourth-order valence-electron chi connectivity index (χ4n) is 3.23. The van der Waals surface area contributed by atoms with Crippen molar-refractivity contribution >= 4 is 12.4 Å². The minimum absolute atomic E-state index is 0.221. The average Bonchev–Trinajstić information content (AvgIpc) is 2.70. The third-order valence-corrected chi connectivity index (χ3v) is 4.68. The van der Waals surface area contributed by atoms with E-state index in [4.69, 9.17) is 10.6 Å². The molecule has 0 bridgehead atoms. The first-order valence-corrected chi connectivity index (χ1v) is 9.27. The van der Waals surface area contributed by atoms with Gasteiger partial charge in [-0.1, -0.05) is 81.4 Å². The van der Waals surface area contributed by atoms with Gasteiger partial charge in [0.15, 0.2) is 5.60 Å². The Morgan fingerprint density at radius 2 is 1.56 bits per heavy atom. The molecule has 1 amide bonds. The van der Waals surface area contributed by atoms with Crippen molar-refractivity contribution in [2.45, 2.75) is 45.3 Å². The number of hydrazine groups is 1. The highest BCUT2D eigenvalue weighted by Gasteiger charge is 2.38. The number of benzene rings is 2. The van der Waals surface area contributed by atoms with Crippen LogP contribution in [-0.2, 0) is 15.1 Å². The molecule has 0 spiro atoms. The zero-order chi connectivity index (χ0) is 19.9. The summed E-state index contributed by atoms with van der Waals surface area (Å²) in [6.45, 7) is 5.90. The van der Waals surface area contributed by atoms with E-state index < -0.39 is 17.7 Å². The second kappa shape index (κ2) is 9.33. The topological polar surface area (TPSA) is 72.6 Å². The summed E-state index contributed by atoms with van der Waals surface area (Å²) >= 11 is 0. The van der Waals surface area contributed by atoms with Gasteiger partial charge in [0.05, 0.1) is 0 Å². The van der Waals surface area contributed by atoms with Crippen molar-refractivity contribution in [3.05, 3.63) is 71.8 Å². The molecule has 0 heterocycles. The van der Waals surface area contributed by atoms with Gasteiger partial charge in [0.25, 0.3) is 0 Å². The van der Waals surface area contributed by atoms with Crippen molar-refractivity contribution in [2.75, 3.05) is 0 Å². The molecule has 0 radical (unpaired) electrons. The number of carbonyl (C=O) groups is 2. The number of amides is 1. The van der Waals surface area contributed by atoms with Crippen LogP contribution in [0.5, 0.6) is 0 Å². The first kappa shape index (κ1) is 20.6. The number of hydrogen-bond acceptors (Lipinski definition) is 4. The fourth-order valence-corrected chi connectivity index (χ4v) is 3.23. The summed E-state index contributed by atoms with van der Waals surface area (Å²) in [5.74, 6) is 6.19. The molecule has 0 aliphatic carbocycles. The molecule has 2 rings (SSSR count). The second-order valence-corrected chi connectivity index (χ2v) is 7.02. The fraction of sp³-hybridized carbons (Fsp3) is 0.364. The summed E-state index contributed by atoms with van der Waals surface area (Å²) in [6.07, 6.45) is 0.976. The Bertz CT molecular complexity index is 692. The van der Waals surface area contributed by atoms with Gasteiger partial charge in [-0.15, -0.1) is 0 Å². The minimum Gasteiger partial charge on any atom is -0.432 e. The van der Waals surface area contributed by atoms with Gasteiger partial charge in [-0.05, 0) is 18.8 Å². The molecule has 144 valence electrons. The van der Waals surface area contributed by atoms with Crippen molar-refractivity contribution in [1.82, 2.24) is 5.01 Å². The monoisotopic (exact) mass is 368 g/mol. The quantitative estimate of drug-likeness (QED) is 0.327. The predicted molar refractivity (Wildman–Crippen MR) is 106 cm³/mol. The molecular weight excluding hydrogens is 340 g/mol. The van der Waals surface area contributed by atoms with Crippen LogP contribution in [0.4, 0.5) is 4.79 Å². The van der Waals surface area contributed by atoms with Gasteiger partial charge >= 0.3 is 6.09 Å². The van der Waals surface area contributed by atoms with E-state index in [0.29, 0.717) is 19.1 Å². The van der Waals surface area contributed by atoms with Crippen LogP contribution in [0.1, 0.15) is 44.7 Å². The van der Waals surface area contributed by atoms with E-state index in [9.17, 15) is 9.59 Å². The van der Waals surface area contributed by atoms with E-state index in [1.165, 1.54) is 0 Å². The van der Waals surface area contributed by atoms with Gasteiger partial charge in [-0.2, -0.15) is 0 Å². The maximum Gasteiger partial charge on any atom is 0.425 e. The van der Waals surface area contributed by atoms with Crippen molar-refractivity contribution in [3.63, 3.8) is 0 Å². The van der Waals surface area contributed by atoms with Crippen LogP contribution in [0.25, 0.3) is 0 Å². The Hall–Kier alpha value is -2.66. The summed E-state index contributed by atoms with van der Waals surface area (Å²) in [6, 6.07) is 18.4. The van der Waals surface area contributed by atoms with Crippen LogP contribution in [0.15, 0.2) is 60.7 Å². The van der Waals surface area contributed by atoms with Crippen molar-refractivity contribution in [3.8, 4) is 0 Å². The van der Waals surface area contributed by atoms with Gasteiger partial charge in [0.2, 0.25) is 0 Å².